The maximum atomic E-state index is 5.87. The van der Waals surface area contributed by atoms with Crippen molar-refractivity contribution in [3.63, 3.8) is 0 Å². The highest BCUT2D eigenvalue weighted by Gasteiger charge is 2.34. The van der Waals surface area contributed by atoms with Crippen molar-refractivity contribution < 1.29 is 4.74 Å². The summed E-state index contributed by atoms with van der Waals surface area (Å²) < 4.78 is 5.87. The summed E-state index contributed by atoms with van der Waals surface area (Å²) in [6.07, 6.45) is 2.76. The van der Waals surface area contributed by atoms with Crippen molar-refractivity contribution in [1.29, 1.82) is 0 Å². The minimum atomic E-state index is 0.753. The molecular formula is C14H19NO. The van der Waals surface area contributed by atoms with Crippen LogP contribution in [-0.4, -0.2) is 31.1 Å². The Hall–Kier alpha value is -1.02. The number of hydrogen-bond acceptors (Lipinski definition) is 2. The molecule has 0 spiro atoms. The van der Waals surface area contributed by atoms with Gasteiger partial charge in [-0.15, -0.1) is 0 Å². The molecule has 2 nitrogen and oxygen atoms in total. The lowest BCUT2D eigenvalue weighted by atomic mass is 9.79. The second-order valence-corrected chi connectivity index (χ2v) is 5.02. The molecule has 1 aromatic carbocycles. The maximum Gasteiger partial charge on any atom is 0.119 e. The van der Waals surface area contributed by atoms with Gasteiger partial charge in [-0.3, -0.25) is 0 Å². The molecule has 0 amide bonds. The van der Waals surface area contributed by atoms with E-state index in [1.54, 1.807) is 0 Å². The fourth-order valence-corrected chi connectivity index (χ4v) is 3.00. The van der Waals surface area contributed by atoms with Gasteiger partial charge in [0.25, 0.3) is 0 Å². The molecule has 3 aliphatic heterocycles. The fourth-order valence-electron chi connectivity index (χ4n) is 3.00. The van der Waals surface area contributed by atoms with Gasteiger partial charge >= 0.3 is 0 Å². The van der Waals surface area contributed by atoms with E-state index in [4.69, 9.17) is 4.74 Å². The van der Waals surface area contributed by atoms with Crippen LogP contribution in [0.5, 0.6) is 5.75 Å². The molecule has 3 heterocycles. The van der Waals surface area contributed by atoms with Crippen molar-refractivity contribution in [2.24, 2.45) is 11.8 Å². The molecule has 1 atom stereocenters. The van der Waals surface area contributed by atoms with E-state index >= 15 is 0 Å². The number of fused-ring (bicyclic) bond motifs is 3. The van der Waals surface area contributed by atoms with Crippen LogP contribution in [0.15, 0.2) is 30.3 Å². The Morgan fingerprint density at radius 3 is 2.50 bits per heavy atom. The highest BCUT2D eigenvalue weighted by Crippen LogP contribution is 2.32. The zero-order valence-electron chi connectivity index (χ0n) is 9.64. The average Bonchev–Trinajstić information content (AvgIpc) is 2.39. The third kappa shape index (κ3) is 2.07. The van der Waals surface area contributed by atoms with E-state index in [-0.39, 0.29) is 0 Å². The smallest absolute Gasteiger partial charge is 0.119 e. The average molecular weight is 217 g/mol. The largest absolute Gasteiger partial charge is 0.493 e. The van der Waals surface area contributed by atoms with Crippen LogP contribution in [0, 0.1) is 11.8 Å². The van der Waals surface area contributed by atoms with Crippen LogP contribution in [0.25, 0.3) is 0 Å². The Balaban J connectivity index is 1.56. The Morgan fingerprint density at radius 2 is 1.88 bits per heavy atom. The van der Waals surface area contributed by atoms with Gasteiger partial charge in [0.15, 0.2) is 0 Å². The number of piperidine rings is 3. The number of ether oxygens (including phenoxy) is 1. The summed E-state index contributed by atoms with van der Waals surface area (Å²) in [6, 6.07) is 10.2. The lowest BCUT2D eigenvalue weighted by Crippen LogP contribution is -2.49. The Labute approximate surface area is 97.2 Å². The first kappa shape index (κ1) is 10.2. The van der Waals surface area contributed by atoms with Crippen molar-refractivity contribution in [3.05, 3.63) is 30.3 Å². The SMILES string of the molecule is c1ccc(OC[C@H]2CN3CCC2CC3)cc1. The zero-order chi connectivity index (χ0) is 10.8. The molecule has 0 saturated carbocycles. The molecule has 2 heteroatoms. The van der Waals surface area contributed by atoms with Crippen molar-refractivity contribution in [2.45, 2.75) is 12.8 Å². The molecule has 0 aliphatic carbocycles. The Kier molecular flexibility index (Phi) is 2.83. The van der Waals surface area contributed by atoms with Crippen molar-refractivity contribution in [1.82, 2.24) is 4.90 Å². The molecule has 0 unspecified atom stereocenters. The highest BCUT2D eigenvalue weighted by molar-refractivity contribution is 5.20. The number of hydrogen-bond donors (Lipinski definition) is 0. The standard InChI is InChI=1S/C14H19NO/c1-2-4-14(5-3-1)16-11-13-10-15-8-6-12(13)7-9-15/h1-5,12-13H,6-11H2/t13-/m1/s1. The Bertz CT molecular complexity index is 330. The second-order valence-electron chi connectivity index (χ2n) is 5.02. The van der Waals surface area contributed by atoms with Crippen molar-refractivity contribution >= 4 is 0 Å². The molecule has 3 aliphatic rings. The van der Waals surface area contributed by atoms with E-state index in [1.165, 1.54) is 32.5 Å². The van der Waals surface area contributed by atoms with Gasteiger partial charge in [-0.2, -0.15) is 0 Å². The minimum absolute atomic E-state index is 0.753. The van der Waals surface area contributed by atoms with E-state index in [0.29, 0.717) is 0 Å². The first-order valence-electron chi connectivity index (χ1n) is 6.32. The zero-order valence-corrected chi connectivity index (χ0v) is 9.64. The summed E-state index contributed by atoms with van der Waals surface area (Å²) in [4.78, 5) is 2.58. The van der Waals surface area contributed by atoms with Gasteiger partial charge in [-0.25, -0.2) is 0 Å². The third-order valence-corrected chi connectivity index (χ3v) is 4.00. The summed E-state index contributed by atoms with van der Waals surface area (Å²) in [5.41, 5.74) is 0. The first-order valence-corrected chi connectivity index (χ1v) is 6.32. The highest BCUT2D eigenvalue weighted by atomic mass is 16.5. The van der Waals surface area contributed by atoms with Gasteiger partial charge in [-0.1, -0.05) is 18.2 Å². The summed E-state index contributed by atoms with van der Waals surface area (Å²) >= 11 is 0. The van der Waals surface area contributed by atoms with Crippen LogP contribution in [-0.2, 0) is 0 Å². The van der Waals surface area contributed by atoms with Crippen LogP contribution in [0.1, 0.15) is 12.8 Å². The summed E-state index contributed by atoms with van der Waals surface area (Å²) in [6.45, 7) is 4.77. The molecule has 0 aromatic heterocycles. The molecule has 16 heavy (non-hydrogen) atoms. The van der Waals surface area contributed by atoms with Crippen LogP contribution in [0.4, 0.5) is 0 Å². The quantitative estimate of drug-likeness (QED) is 0.771. The monoisotopic (exact) mass is 217 g/mol. The van der Waals surface area contributed by atoms with E-state index in [9.17, 15) is 0 Å². The van der Waals surface area contributed by atoms with Gasteiger partial charge in [0.1, 0.15) is 5.75 Å². The molecular weight excluding hydrogens is 198 g/mol. The van der Waals surface area contributed by atoms with Gasteiger partial charge in [0, 0.05) is 12.5 Å². The number of para-hydroxylation sites is 1. The van der Waals surface area contributed by atoms with Gasteiger partial charge in [-0.05, 0) is 44.0 Å². The molecule has 0 radical (unpaired) electrons. The van der Waals surface area contributed by atoms with Crippen LogP contribution in [0.2, 0.25) is 0 Å². The van der Waals surface area contributed by atoms with Crippen molar-refractivity contribution in [3.8, 4) is 5.75 Å². The second kappa shape index (κ2) is 4.46. The lowest BCUT2D eigenvalue weighted by Gasteiger charge is -2.44. The maximum absolute atomic E-state index is 5.87. The molecule has 1 aromatic rings. The van der Waals surface area contributed by atoms with Gasteiger partial charge < -0.3 is 9.64 Å². The van der Waals surface area contributed by atoms with Crippen LogP contribution < -0.4 is 4.74 Å². The minimum Gasteiger partial charge on any atom is -0.493 e. The molecule has 0 N–H and O–H groups in total. The van der Waals surface area contributed by atoms with Crippen LogP contribution >= 0.6 is 0 Å². The molecule has 86 valence electrons. The first-order chi connectivity index (χ1) is 7.92. The Morgan fingerprint density at radius 1 is 1.12 bits per heavy atom. The normalized spacial score (nSPS) is 32.6. The molecule has 3 fully saturated rings. The van der Waals surface area contributed by atoms with E-state index in [2.05, 4.69) is 4.90 Å². The molecule has 3 saturated heterocycles. The van der Waals surface area contributed by atoms with Gasteiger partial charge in [0.05, 0.1) is 6.61 Å². The summed E-state index contributed by atoms with van der Waals surface area (Å²) in [7, 11) is 0. The van der Waals surface area contributed by atoms with E-state index < -0.39 is 0 Å². The predicted molar refractivity (Wildman–Crippen MR) is 64.6 cm³/mol. The fraction of sp³-hybridized carbons (Fsp3) is 0.571. The molecule has 2 bridgehead atoms. The molecule has 4 rings (SSSR count). The number of rotatable bonds is 3. The summed E-state index contributed by atoms with van der Waals surface area (Å²) in [5.74, 6) is 2.68. The van der Waals surface area contributed by atoms with Gasteiger partial charge in [0.2, 0.25) is 0 Å². The predicted octanol–water partition coefficient (Wildman–Crippen LogP) is 2.41. The number of benzene rings is 1. The number of nitrogens with zero attached hydrogens (tertiary/aromatic N) is 1. The van der Waals surface area contributed by atoms with E-state index in [0.717, 1.165) is 24.2 Å². The third-order valence-electron chi connectivity index (χ3n) is 4.00. The van der Waals surface area contributed by atoms with Crippen molar-refractivity contribution in [2.75, 3.05) is 26.2 Å². The summed E-state index contributed by atoms with van der Waals surface area (Å²) in [5, 5.41) is 0. The lowest BCUT2D eigenvalue weighted by molar-refractivity contribution is 0.0257. The topological polar surface area (TPSA) is 12.5 Å². The van der Waals surface area contributed by atoms with E-state index in [1.807, 2.05) is 30.3 Å². The van der Waals surface area contributed by atoms with Crippen LogP contribution in [0.3, 0.4) is 0 Å².